The molecule has 6 nitrogen and oxygen atoms in total. The van der Waals surface area contributed by atoms with E-state index in [1.165, 1.54) is 0 Å². The maximum atomic E-state index is 12.2. The number of aliphatic carboxylic acids is 1. The maximum Gasteiger partial charge on any atom is 0.305 e. The van der Waals surface area contributed by atoms with Crippen LogP contribution >= 0.6 is 0 Å². The molecule has 114 valence electrons. The third kappa shape index (κ3) is 4.75. The van der Waals surface area contributed by atoms with Crippen molar-refractivity contribution in [3.05, 3.63) is 30.3 Å². The lowest BCUT2D eigenvalue weighted by atomic mass is 10.1. The number of ether oxygens (including phenoxy) is 2. The lowest BCUT2D eigenvalue weighted by Gasteiger charge is -2.34. The van der Waals surface area contributed by atoms with Crippen molar-refractivity contribution >= 4 is 11.9 Å². The Kier molecular flexibility index (Phi) is 5.57. The topological polar surface area (TPSA) is 76.1 Å². The van der Waals surface area contributed by atoms with Crippen LogP contribution in [0.4, 0.5) is 0 Å². The van der Waals surface area contributed by atoms with Gasteiger partial charge in [0.25, 0.3) is 0 Å². The smallest absolute Gasteiger partial charge is 0.305 e. The number of nitrogens with zero attached hydrogens (tertiary/aromatic N) is 1. The number of carbonyl (C=O) groups excluding carboxylic acids is 1. The van der Waals surface area contributed by atoms with E-state index in [2.05, 4.69) is 0 Å². The lowest BCUT2D eigenvalue weighted by Crippen LogP contribution is -2.49. The van der Waals surface area contributed by atoms with Crippen molar-refractivity contribution in [3.63, 3.8) is 0 Å². The summed E-state index contributed by atoms with van der Waals surface area (Å²) in [5.74, 6) is -0.307. The quantitative estimate of drug-likeness (QED) is 0.851. The molecular weight excluding hydrogens is 274 g/mol. The largest absolute Gasteiger partial charge is 0.493 e. The van der Waals surface area contributed by atoms with Crippen molar-refractivity contribution in [2.45, 2.75) is 18.9 Å². The van der Waals surface area contributed by atoms with Crippen LogP contribution in [-0.4, -0.2) is 54.3 Å². The van der Waals surface area contributed by atoms with Crippen LogP contribution in [0.5, 0.6) is 5.75 Å². The van der Waals surface area contributed by atoms with Gasteiger partial charge in [-0.05, 0) is 12.1 Å². The first-order valence-electron chi connectivity index (χ1n) is 6.93. The normalized spacial score (nSPS) is 18.3. The van der Waals surface area contributed by atoms with Crippen molar-refractivity contribution in [1.29, 1.82) is 0 Å². The third-order valence-electron chi connectivity index (χ3n) is 3.29. The minimum absolute atomic E-state index is 0.0920. The van der Waals surface area contributed by atoms with E-state index in [-0.39, 0.29) is 38.0 Å². The summed E-state index contributed by atoms with van der Waals surface area (Å²) in [4.78, 5) is 24.6. The number of carboxylic acid groups (broad SMARTS) is 1. The number of amides is 1. The average Bonchev–Trinajstić information content (AvgIpc) is 2.48. The van der Waals surface area contributed by atoms with Crippen LogP contribution in [0.2, 0.25) is 0 Å². The molecular formula is C15H19NO5. The van der Waals surface area contributed by atoms with E-state index >= 15 is 0 Å². The molecule has 0 aromatic heterocycles. The van der Waals surface area contributed by atoms with Gasteiger partial charge in [-0.25, -0.2) is 0 Å². The summed E-state index contributed by atoms with van der Waals surface area (Å²) < 4.78 is 10.7. The van der Waals surface area contributed by atoms with Gasteiger partial charge < -0.3 is 19.5 Å². The number of para-hydroxylation sites is 1. The SMILES string of the molecule is O=C(O)CC1COCCN1C(=O)CCOc1ccccc1. The van der Waals surface area contributed by atoms with E-state index < -0.39 is 5.97 Å². The number of hydrogen-bond donors (Lipinski definition) is 1. The van der Waals surface area contributed by atoms with Crippen molar-refractivity contribution < 1.29 is 24.2 Å². The lowest BCUT2D eigenvalue weighted by molar-refractivity contribution is -0.146. The summed E-state index contributed by atoms with van der Waals surface area (Å²) in [6.07, 6.45) is 0.135. The predicted octanol–water partition coefficient (Wildman–Crippen LogP) is 1.16. The van der Waals surface area contributed by atoms with E-state index in [4.69, 9.17) is 14.6 Å². The van der Waals surface area contributed by atoms with Gasteiger partial charge >= 0.3 is 5.97 Å². The Labute approximate surface area is 123 Å². The van der Waals surface area contributed by atoms with Gasteiger partial charge in [0.1, 0.15) is 5.75 Å². The standard InChI is InChI=1S/C15H19NO5/c17-14(6-8-21-13-4-2-1-3-5-13)16-7-9-20-11-12(16)10-15(18)19/h1-5,12H,6-11H2,(H,18,19). The van der Waals surface area contributed by atoms with Crippen molar-refractivity contribution in [1.82, 2.24) is 4.90 Å². The molecule has 1 fully saturated rings. The van der Waals surface area contributed by atoms with Gasteiger partial charge in [-0.2, -0.15) is 0 Å². The van der Waals surface area contributed by atoms with Crippen LogP contribution in [0.3, 0.4) is 0 Å². The molecule has 0 saturated carbocycles. The fraction of sp³-hybridized carbons (Fsp3) is 0.467. The summed E-state index contributed by atoms with van der Waals surface area (Å²) in [6, 6.07) is 8.88. The summed E-state index contributed by atoms with van der Waals surface area (Å²) in [7, 11) is 0. The zero-order valence-corrected chi connectivity index (χ0v) is 11.7. The summed E-state index contributed by atoms with van der Waals surface area (Å²) in [5.41, 5.74) is 0. The Morgan fingerprint density at radius 2 is 2.10 bits per heavy atom. The Morgan fingerprint density at radius 1 is 1.33 bits per heavy atom. The minimum atomic E-state index is -0.927. The number of carbonyl (C=O) groups is 2. The van der Waals surface area contributed by atoms with E-state index in [0.29, 0.717) is 13.2 Å². The van der Waals surface area contributed by atoms with Gasteiger partial charge in [-0.15, -0.1) is 0 Å². The fourth-order valence-corrected chi connectivity index (χ4v) is 2.27. The molecule has 0 radical (unpaired) electrons. The predicted molar refractivity (Wildman–Crippen MR) is 75.1 cm³/mol. The van der Waals surface area contributed by atoms with Crippen LogP contribution in [0.25, 0.3) is 0 Å². The highest BCUT2D eigenvalue weighted by molar-refractivity contribution is 5.78. The molecule has 21 heavy (non-hydrogen) atoms. The average molecular weight is 293 g/mol. The van der Waals surface area contributed by atoms with Gasteiger partial charge in [0.15, 0.2) is 0 Å². The van der Waals surface area contributed by atoms with Crippen molar-refractivity contribution in [3.8, 4) is 5.75 Å². The van der Waals surface area contributed by atoms with Gasteiger partial charge in [0.05, 0.1) is 38.7 Å². The van der Waals surface area contributed by atoms with Gasteiger partial charge in [-0.1, -0.05) is 18.2 Å². The molecule has 1 unspecified atom stereocenters. The maximum absolute atomic E-state index is 12.2. The number of morpholine rings is 1. The zero-order valence-electron chi connectivity index (χ0n) is 11.7. The number of benzene rings is 1. The van der Waals surface area contributed by atoms with Crippen LogP contribution in [-0.2, 0) is 14.3 Å². The van der Waals surface area contributed by atoms with Gasteiger partial charge in [0.2, 0.25) is 5.91 Å². The Hall–Kier alpha value is -2.08. The molecule has 1 N–H and O–H groups in total. The van der Waals surface area contributed by atoms with Gasteiger partial charge in [-0.3, -0.25) is 9.59 Å². The highest BCUT2D eigenvalue weighted by Crippen LogP contribution is 2.13. The van der Waals surface area contributed by atoms with Crippen molar-refractivity contribution in [2.75, 3.05) is 26.4 Å². The van der Waals surface area contributed by atoms with E-state index in [1.807, 2.05) is 30.3 Å². The van der Waals surface area contributed by atoms with Crippen molar-refractivity contribution in [2.24, 2.45) is 0 Å². The molecule has 1 aromatic carbocycles. The highest BCUT2D eigenvalue weighted by Gasteiger charge is 2.28. The molecule has 1 aromatic rings. The fourth-order valence-electron chi connectivity index (χ4n) is 2.27. The van der Waals surface area contributed by atoms with Crippen LogP contribution in [0.1, 0.15) is 12.8 Å². The molecule has 1 heterocycles. The molecule has 2 rings (SSSR count). The number of carboxylic acids is 1. The molecule has 0 bridgehead atoms. The molecule has 1 saturated heterocycles. The first-order chi connectivity index (χ1) is 10.2. The second kappa shape index (κ2) is 7.64. The first-order valence-corrected chi connectivity index (χ1v) is 6.93. The van der Waals surface area contributed by atoms with Crippen LogP contribution in [0.15, 0.2) is 30.3 Å². The molecule has 0 spiro atoms. The second-order valence-corrected chi connectivity index (χ2v) is 4.83. The minimum Gasteiger partial charge on any atom is -0.493 e. The Morgan fingerprint density at radius 3 is 2.81 bits per heavy atom. The number of hydrogen-bond acceptors (Lipinski definition) is 4. The third-order valence-corrected chi connectivity index (χ3v) is 3.29. The molecule has 6 heteroatoms. The van der Waals surface area contributed by atoms with Crippen LogP contribution in [0, 0.1) is 0 Å². The molecule has 1 aliphatic heterocycles. The number of rotatable bonds is 6. The Bertz CT molecular complexity index is 476. The van der Waals surface area contributed by atoms with E-state index in [1.54, 1.807) is 4.90 Å². The van der Waals surface area contributed by atoms with E-state index in [0.717, 1.165) is 5.75 Å². The second-order valence-electron chi connectivity index (χ2n) is 4.83. The summed E-state index contributed by atoms with van der Waals surface area (Å²) in [5, 5.41) is 8.87. The van der Waals surface area contributed by atoms with Crippen LogP contribution < -0.4 is 4.74 Å². The summed E-state index contributed by atoms with van der Waals surface area (Å²) in [6.45, 7) is 1.43. The summed E-state index contributed by atoms with van der Waals surface area (Å²) >= 11 is 0. The van der Waals surface area contributed by atoms with E-state index in [9.17, 15) is 9.59 Å². The van der Waals surface area contributed by atoms with Gasteiger partial charge in [0, 0.05) is 6.54 Å². The molecule has 0 aliphatic carbocycles. The first kappa shape index (κ1) is 15.3. The molecule has 1 aliphatic rings. The zero-order chi connectivity index (χ0) is 15.1. The Balaban J connectivity index is 1.81. The monoisotopic (exact) mass is 293 g/mol. The molecule has 1 atom stereocenters. The molecule has 1 amide bonds. The highest BCUT2D eigenvalue weighted by atomic mass is 16.5.